The predicted molar refractivity (Wildman–Crippen MR) is 134 cm³/mol. The highest BCUT2D eigenvalue weighted by atomic mass is 16.5. The van der Waals surface area contributed by atoms with Gasteiger partial charge in [0, 0.05) is 31.0 Å². The number of piperidine rings is 1. The zero-order chi connectivity index (χ0) is 24.9. The summed E-state index contributed by atoms with van der Waals surface area (Å²) in [7, 11) is 1.56. The molecule has 3 amide bonds. The fraction of sp³-hybridized carbons (Fsp3) is 0.654. The first-order valence-corrected chi connectivity index (χ1v) is 12.4. The van der Waals surface area contributed by atoms with Crippen LogP contribution in [0.2, 0.25) is 0 Å². The van der Waals surface area contributed by atoms with Crippen molar-refractivity contribution in [2.75, 3.05) is 43.9 Å². The van der Waals surface area contributed by atoms with Crippen LogP contribution in [0.15, 0.2) is 18.2 Å². The standard InChI is InChI=1S/C26H40N4O4/c1-18(2)30-13-7-6-12-26(4,25(30)33)20-10-14-29(15-11-20)17-24(32)28-23-16-21(34-5)8-9-22(23)27-19(3)31/h8-9,16,18,20H,6-7,10-15,17H2,1-5H3,(H,27,31)(H,28,32)/t26-/m1/s1. The van der Waals surface area contributed by atoms with E-state index in [9.17, 15) is 14.4 Å². The summed E-state index contributed by atoms with van der Waals surface area (Å²) >= 11 is 0. The first-order chi connectivity index (χ1) is 16.1. The van der Waals surface area contributed by atoms with E-state index in [0.29, 0.717) is 28.9 Å². The molecule has 2 N–H and O–H groups in total. The molecule has 0 radical (unpaired) electrons. The number of ether oxygens (including phenoxy) is 1. The highest BCUT2D eigenvalue weighted by molar-refractivity contribution is 5.99. The molecule has 2 aliphatic rings. The van der Waals surface area contributed by atoms with Crippen LogP contribution < -0.4 is 15.4 Å². The Kier molecular flexibility index (Phi) is 8.57. The molecule has 2 heterocycles. The van der Waals surface area contributed by atoms with Crippen molar-refractivity contribution in [1.29, 1.82) is 0 Å². The molecule has 8 heteroatoms. The minimum absolute atomic E-state index is 0.138. The van der Waals surface area contributed by atoms with Crippen LogP contribution in [-0.4, -0.2) is 66.9 Å². The molecular weight excluding hydrogens is 432 g/mol. The zero-order valence-corrected chi connectivity index (χ0v) is 21.3. The Morgan fingerprint density at radius 3 is 2.44 bits per heavy atom. The van der Waals surface area contributed by atoms with E-state index in [2.05, 4.69) is 41.2 Å². The minimum atomic E-state index is -0.316. The fourth-order valence-electron chi connectivity index (χ4n) is 5.36. The summed E-state index contributed by atoms with van der Waals surface area (Å²) in [6, 6.07) is 5.38. The van der Waals surface area contributed by atoms with Crippen molar-refractivity contribution < 1.29 is 19.1 Å². The van der Waals surface area contributed by atoms with Crippen molar-refractivity contribution in [2.24, 2.45) is 11.3 Å². The molecule has 34 heavy (non-hydrogen) atoms. The second-order valence-electron chi connectivity index (χ2n) is 10.2. The van der Waals surface area contributed by atoms with Gasteiger partial charge in [-0.05, 0) is 70.7 Å². The number of nitrogens with zero attached hydrogens (tertiary/aromatic N) is 2. The Morgan fingerprint density at radius 1 is 1.12 bits per heavy atom. The van der Waals surface area contributed by atoms with E-state index in [1.165, 1.54) is 6.92 Å². The van der Waals surface area contributed by atoms with E-state index in [4.69, 9.17) is 4.74 Å². The number of hydrogen-bond acceptors (Lipinski definition) is 5. The van der Waals surface area contributed by atoms with Gasteiger partial charge in [0.2, 0.25) is 17.7 Å². The SMILES string of the molecule is COc1ccc(NC(C)=O)c(NC(=O)CN2CCC([C@@]3(C)CCCCN(C(C)C)C3=O)CC2)c1. The van der Waals surface area contributed by atoms with Crippen LogP contribution in [0.3, 0.4) is 0 Å². The number of carbonyl (C=O) groups excluding carboxylic acids is 3. The van der Waals surface area contributed by atoms with Crippen molar-refractivity contribution in [1.82, 2.24) is 9.80 Å². The van der Waals surface area contributed by atoms with Crippen LogP contribution in [0.1, 0.15) is 59.8 Å². The lowest BCUT2D eigenvalue weighted by atomic mass is 9.69. The molecule has 0 aliphatic carbocycles. The third kappa shape index (κ3) is 6.09. The van der Waals surface area contributed by atoms with Gasteiger partial charge >= 0.3 is 0 Å². The molecule has 1 aromatic carbocycles. The Hall–Kier alpha value is -2.61. The summed E-state index contributed by atoms with van der Waals surface area (Å²) in [4.78, 5) is 42.0. The highest BCUT2D eigenvalue weighted by Crippen LogP contribution is 2.43. The van der Waals surface area contributed by atoms with Gasteiger partial charge in [0.05, 0.1) is 25.0 Å². The van der Waals surface area contributed by atoms with Crippen LogP contribution in [0.5, 0.6) is 5.75 Å². The Morgan fingerprint density at radius 2 is 1.82 bits per heavy atom. The maximum Gasteiger partial charge on any atom is 0.238 e. The van der Waals surface area contributed by atoms with Crippen molar-refractivity contribution in [2.45, 2.75) is 65.8 Å². The Labute approximate surface area is 203 Å². The summed E-state index contributed by atoms with van der Waals surface area (Å²) < 4.78 is 5.26. The van der Waals surface area contributed by atoms with E-state index in [1.807, 2.05) is 0 Å². The van der Waals surface area contributed by atoms with Crippen LogP contribution in [0.4, 0.5) is 11.4 Å². The quantitative estimate of drug-likeness (QED) is 0.631. The predicted octanol–water partition coefficient (Wildman–Crippen LogP) is 3.73. The van der Waals surface area contributed by atoms with E-state index >= 15 is 0 Å². The number of nitrogens with one attached hydrogen (secondary N) is 2. The number of likely N-dealkylation sites (tertiary alicyclic amines) is 2. The first-order valence-electron chi connectivity index (χ1n) is 12.4. The molecule has 0 saturated carbocycles. The molecule has 3 rings (SSSR count). The normalized spacial score (nSPS) is 22.4. The molecule has 1 aromatic rings. The number of methoxy groups -OCH3 is 1. The molecule has 8 nitrogen and oxygen atoms in total. The van der Waals surface area contributed by atoms with E-state index < -0.39 is 0 Å². The molecule has 2 aliphatic heterocycles. The van der Waals surface area contributed by atoms with Gasteiger partial charge in [-0.25, -0.2) is 0 Å². The summed E-state index contributed by atoms with van der Waals surface area (Å²) in [6.45, 7) is 10.5. The van der Waals surface area contributed by atoms with Crippen LogP contribution >= 0.6 is 0 Å². The van der Waals surface area contributed by atoms with Crippen LogP contribution in [0, 0.1) is 11.3 Å². The van der Waals surface area contributed by atoms with Gasteiger partial charge in [-0.3, -0.25) is 19.3 Å². The monoisotopic (exact) mass is 472 g/mol. The lowest BCUT2D eigenvalue weighted by Crippen LogP contribution is -2.50. The lowest BCUT2D eigenvalue weighted by Gasteiger charge is -2.43. The van der Waals surface area contributed by atoms with E-state index in [-0.39, 0.29) is 29.8 Å². The van der Waals surface area contributed by atoms with Gasteiger partial charge in [-0.15, -0.1) is 0 Å². The number of amides is 3. The highest BCUT2D eigenvalue weighted by Gasteiger charge is 2.45. The smallest absolute Gasteiger partial charge is 0.238 e. The van der Waals surface area contributed by atoms with Gasteiger partial charge in [0.1, 0.15) is 5.75 Å². The molecule has 1 atom stereocenters. The molecule has 0 bridgehead atoms. The average Bonchev–Trinajstić information content (AvgIpc) is 2.94. The third-order valence-corrected chi connectivity index (χ3v) is 7.39. The number of benzene rings is 1. The van der Waals surface area contributed by atoms with Gasteiger partial charge in [0.15, 0.2) is 0 Å². The topological polar surface area (TPSA) is 91.0 Å². The molecule has 0 aromatic heterocycles. The third-order valence-electron chi connectivity index (χ3n) is 7.39. The molecule has 2 saturated heterocycles. The van der Waals surface area contributed by atoms with Crippen molar-refractivity contribution in [3.05, 3.63) is 18.2 Å². The van der Waals surface area contributed by atoms with Crippen molar-refractivity contribution in [3.63, 3.8) is 0 Å². The van der Waals surface area contributed by atoms with Crippen molar-refractivity contribution in [3.8, 4) is 5.75 Å². The zero-order valence-electron chi connectivity index (χ0n) is 21.3. The van der Waals surface area contributed by atoms with Gasteiger partial charge in [-0.1, -0.05) is 13.3 Å². The Bertz CT molecular complexity index is 895. The number of rotatable bonds is 7. The number of carbonyl (C=O) groups is 3. The van der Waals surface area contributed by atoms with E-state index in [0.717, 1.165) is 51.7 Å². The number of hydrogen-bond donors (Lipinski definition) is 2. The maximum atomic E-state index is 13.4. The molecule has 0 spiro atoms. The van der Waals surface area contributed by atoms with Gasteiger partial charge < -0.3 is 20.3 Å². The lowest BCUT2D eigenvalue weighted by molar-refractivity contribution is -0.147. The summed E-state index contributed by atoms with van der Waals surface area (Å²) in [5.74, 6) is 0.895. The second-order valence-corrected chi connectivity index (χ2v) is 10.2. The second kappa shape index (κ2) is 11.2. The molecule has 188 valence electrons. The van der Waals surface area contributed by atoms with Gasteiger partial charge in [-0.2, -0.15) is 0 Å². The summed E-state index contributed by atoms with van der Waals surface area (Å²) in [5.41, 5.74) is 0.734. The first kappa shape index (κ1) is 26.0. The van der Waals surface area contributed by atoms with E-state index in [1.54, 1.807) is 25.3 Å². The summed E-state index contributed by atoms with van der Waals surface area (Å²) in [5, 5.41) is 5.66. The molecule has 0 unspecified atom stereocenters. The number of anilines is 2. The van der Waals surface area contributed by atoms with Gasteiger partial charge in [0.25, 0.3) is 0 Å². The minimum Gasteiger partial charge on any atom is -0.497 e. The largest absolute Gasteiger partial charge is 0.497 e. The summed E-state index contributed by atoms with van der Waals surface area (Å²) in [6.07, 6.45) is 4.94. The van der Waals surface area contributed by atoms with Crippen molar-refractivity contribution >= 4 is 29.1 Å². The molecular formula is C26H40N4O4. The fourth-order valence-corrected chi connectivity index (χ4v) is 5.36. The maximum absolute atomic E-state index is 13.4. The van der Waals surface area contributed by atoms with Crippen LogP contribution in [0.25, 0.3) is 0 Å². The Balaban J connectivity index is 1.59. The average molecular weight is 473 g/mol. The van der Waals surface area contributed by atoms with Crippen LogP contribution in [-0.2, 0) is 14.4 Å². The molecule has 2 fully saturated rings.